The Morgan fingerprint density at radius 1 is 0.964 bits per heavy atom. The second-order valence-corrected chi connectivity index (χ2v) is 11.3. The summed E-state index contributed by atoms with van der Waals surface area (Å²) in [6.45, 7) is 7.58. The first-order chi connectivity index (χ1) is 13.4. The van der Waals surface area contributed by atoms with Crippen molar-refractivity contribution in [2.45, 2.75) is 78.6 Å². The van der Waals surface area contributed by atoms with Gasteiger partial charge in [0.05, 0.1) is 0 Å². The van der Waals surface area contributed by atoms with Gasteiger partial charge < -0.3 is 0 Å². The molecule has 8 unspecified atom stereocenters. The van der Waals surface area contributed by atoms with Crippen LogP contribution >= 0.6 is 0 Å². The molecule has 0 aliphatic heterocycles. The molecule has 8 atom stereocenters. The Balaban J connectivity index is 1.41. The van der Waals surface area contributed by atoms with Crippen LogP contribution in [0, 0.1) is 46.3 Å². The van der Waals surface area contributed by atoms with Crippen molar-refractivity contribution in [2.24, 2.45) is 46.3 Å². The van der Waals surface area contributed by atoms with Crippen molar-refractivity contribution in [1.29, 1.82) is 0 Å². The fraction of sp³-hybridized carbons (Fsp3) is 0.769. The summed E-state index contributed by atoms with van der Waals surface area (Å²) in [6, 6.07) is 5.78. The first-order valence-electron chi connectivity index (χ1n) is 11.9. The molecule has 1 aromatic heterocycles. The molecule has 2 heteroatoms. The summed E-state index contributed by atoms with van der Waals surface area (Å²) >= 11 is 0. The molecule has 2 nitrogen and oxygen atoms in total. The highest BCUT2D eigenvalue weighted by Gasteiger charge is 2.61. The van der Waals surface area contributed by atoms with E-state index in [-0.39, 0.29) is 11.3 Å². The van der Waals surface area contributed by atoms with E-state index in [1.54, 1.807) is 6.20 Å². The lowest BCUT2D eigenvalue weighted by Crippen LogP contribution is -2.53. The van der Waals surface area contributed by atoms with E-state index >= 15 is 0 Å². The zero-order chi connectivity index (χ0) is 19.5. The second-order valence-electron chi connectivity index (χ2n) is 11.3. The first-order valence-corrected chi connectivity index (χ1v) is 11.9. The van der Waals surface area contributed by atoms with Gasteiger partial charge in [0, 0.05) is 12.1 Å². The number of carbonyl (C=O) groups is 1. The minimum Gasteiger partial charge on any atom is -0.292 e. The van der Waals surface area contributed by atoms with Crippen molar-refractivity contribution in [3.8, 4) is 0 Å². The number of rotatable bonds is 2. The Morgan fingerprint density at radius 3 is 2.54 bits per heavy atom. The summed E-state index contributed by atoms with van der Waals surface area (Å²) < 4.78 is 0. The van der Waals surface area contributed by atoms with Crippen LogP contribution in [-0.2, 0) is 0 Å². The summed E-state index contributed by atoms with van der Waals surface area (Å²) in [5.74, 6) is 4.89. The molecule has 4 aliphatic rings. The fourth-order valence-electron chi connectivity index (χ4n) is 8.59. The van der Waals surface area contributed by atoms with E-state index in [0.717, 1.165) is 36.0 Å². The number of fused-ring (bicyclic) bond motifs is 5. The Kier molecular flexibility index (Phi) is 4.49. The van der Waals surface area contributed by atoms with E-state index in [2.05, 4.69) is 25.8 Å². The fourth-order valence-corrected chi connectivity index (χ4v) is 8.59. The lowest BCUT2D eigenvalue weighted by Gasteiger charge is -2.61. The maximum absolute atomic E-state index is 13.3. The molecule has 1 aromatic rings. The van der Waals surface area contributed by atoms with Gasteiger partial charge in [-0.1, -0.05) is 33.3 Å². The van der Waals surface area contributed by atoms with Crippen LogP contribution in [0.25, 0.3) is 0 Å². The molecule has 4 aliphatic carbocycles. The van der Waals surface area contributed by atoms with Crippen LogP contribution in [0.1, 0.15) is 89.0 Å². The van der Waals surface area contributed by atoms with Gasteiger partial charge in [0.15, 0.2) is 5.78 Å². The molecule has 4 fully saturated rings. The van der Waals surface area contributed by atoms with E-state index < -0.39 is 0 Å². The molecule has 4 saturated carbocycles. The van der Waals surface area contributed by atoms with Crippen LogP contribution in [0.2, 0.25) is 0 Å². The first kappa shape index (κ1) is 18.8. The molecule has 1 heterocycles. The molecule has 152 valence electrons. The maximum atomic E-state index is 13.3. The predicted molar refractivity (Wildman–Crippen MR) is 113 cm³/mol. The third-order valence-corrected chi connectivity index (χ3v) is 10.2. The highest BCUT2D eigenvalue weighted by atomic mass is 16.1. The van der Waals surface area contributed by atoms with Crippen LogP contribution in [0.3, 0.4) is 0 Å². The van der Waals surface area contributed by atoms with Gasteiger partial charge in [0.1, 0.15) is 5.69 Å². The van der Waals surface area contributed by atoms with Gasteiger partial charge in [-0.25, -0.2) is 0 Å². The normalized spacial score (nSPS) is 47.7. The zero-order valence-electron chi connectivity index (χ0n) is 18.0. The number of hydrogen-bond acceptors (Lipinski definition) is 2. The smallest absolute Gasteiger partial charge is 0.184 e. The number of hydrogen-bond donors (Lipinski definition) is 0. The van der Waals surface area contributed by atoms with Crippen molar-refractivity contribution in [3.63, 3.8) is 0 Å². The number of carbonyl (C=O) groups excluding carboxylic acids is 1. The van der Waals surface area contributed by atoms with E-state index in [1.807, 2.05) is 18.2 Å². The minimum atomic E-state index is 0.185. The van der Waals surface area contributed by atoms with Crippen molar-refractivity contribution in [1.82, 2.24) is 4.98 Å². The predicted octanol–water partition coefficient (Wildman–Crippen LogP) is 6.56. The highest BCUT2D eigenvalue weighted by molar-refractivity contribution is 5.96. The van der Waals surface area contributed by atoms with Crippen molar-refractivity contribution in [2.75, 3.05) is 0 Å². The van der Waals surface area contributed by atoms with Crippen LogP contribution in [-0.4, -0.2) is 10.8 Å². The maximum Gasteiger partial charge on any atom is 0.184 e. The van der Waals surface area contributed by atoms with Crippen molar-refractivity contribution < 1.29 is 4.79 Å². The summed E-state index contributed by atoms with van der Waals surface area (Å²) in [4.78, 5) is 17.7. The summed E-state index contributed by atoms with van der Waals surface area (Å²) in [5.41, 5.74) is 1.45. The number of pyridine rings is 1. The summed E-state index contributed by atoms with van der Waals surface area (Å²) in [5, 5.41) is 0. The second kappa shape index (κ2) is 6.67. The van der Waals surface area contributed by atoms with Crippen molar-refractivity contribution >= 4 is 5.78 Å². The van der Waals surface area contributed by atoms with Crippen LogP contribution in [0.5, 0.6) is 0 Å². The number of aromatic nitrogens is 1. The zero-order valence-corrected chi connectivity index (χ0v) is 18.0. The number of nitrogens with zero attached hydrogens (tertiary/aromatic N) is 1. The molecular weight excluding hydrogens is 342 g/mol. The Labute approximate surface area is 170 Å². The molecule has 0 radical (unpaired) electrons. The van der Waals surface area contributed by atoms with Gasteiger partial charge in [0.2, 0.25) is 0 Å². The molecule has 0 saturated heterocycles. The molecule has 0 spiro atoms. The Bertz CT molecular complexity index is 744. The van der Waals surface area contributed by atoms with Gasteiger partial charge in [-0.15, -0.1) is 0 Å². The van der Waals surface area contributed by atoms with Gasteiger partial charge in [-0.3, -0.25) is 9.78 Å². The lowest BCUT2D eigenvalue weighted by molar-refractivity contribution is -0.114. The highest BCUT2D eigenvalue weighted by Crippen LogP contribution is 2.67. The quantitative estimate of drug-likeness (QED) is 0.545. The topological polar surface area (TPSA) is 30.0 Å². The minimum absolute atomic E-state index is 0.185. The molecule has 0 aromatic carbocycles. The van der Waals surface area contributed by atoms with Crippen LogP contribution in [0.4, 0.5) is 0 Å². The van der Waals surface area contributed by atoms with E-state index in [1.165, 1.54) is 51.4 Å². The van der Waals surface area contributed by atoms with Crippen LogP contribution < -0.4 is 0 Å². The summed E-state index contributed by atoms with van der Waals surface area (Å²) in [6.07, 6.45) is 13.9. The third-order valence-electron chi connectivity index (χ3n) is 10.2. The third kappa shape index (κ3) is 2.66. The Hall–Kier alpha value is -1.18. The van der Waals surface area contributed by atoms with Crippen molar-refractivity contribution in [3.05, 3.63) is 30.1 Å². The molecular formula is C26H37NO. The molecule has 0 bridgehead atoms. The van der Waals surface area contributed by atoms with E-state index in [0.29, 0.717) is 16.9 Å². The van der Waals surface area contributed by atoms with Gasteiger partial charge in [-0.2, -0.15) is 0 Å². The van der Waals surface area contributed by atoms with Gasteiger partial charge in [0.25, 0.3) is 0 Å². The Morgan fingerprint density at radius 2 is 1.75 bits per heavy atom. The monoisotopic (exact) mass is 379 g/mol. The molecule has 5 rings (SSSR count). The average Bonchev–Trinajstić information content (AvgIpc) is 3.06. The molecule has 0 amide bonds. The number of Topliss-reactive ketones (excluding diaryl/α,β-unsaturated/α-hetero) is 1. The van der Waals surface area contributed by atoms with E-state index in [9.17, 15) is 4.79 Å². The molecule has 28 heavy (non-hydrogen) atoms. The standard InChI is InChI=1S/C26H37NO/c1-17-11-13-25(2)18(16-17)7-8-19-20-9-10-22(26(20,3)14-12-21(19)25)24(28)23-6-4-5-15-27-23/h4-6,15,17-22H,7-14,16H2,1-3H3. The molecule has 0 N–H and O–H groups in total. The van der Waals surface area contributed by atoms with Gasteiger partial charge in [-0.05, 0) is 104 Å². The van der Waals surface area contributed by atoms with Crippen LogP contribution in [0.15, 0.2) is 24.4 Å². The van der Waals surface area contributed by atoms with Gasteiger partial charge >= 0.3 is 0 Å². The lowest BCUT2D eigenvalue weighted by atomic mass is 9.44. The summed E-state index contributed by atoms with van der Waals surface area (Å²) in [7, 11) is 0. The van der Waals surface area contributed by atoms with E-state index in [4.69, 9.17) is 0 Å². The number of ketones is 1. The average molecular weight is 380 g/mol. The SMILES string of the molecule is CC1CCC2(C)C(CCC3C2CCC2(C)C(C(=O)c4ccccn4)CCC32)C1. The largest absolute Gasteiger partial charge is 0.292 e.